The average molecular weight is 255 g/mol. The molecule has 94 valence electrons. The zero-order valence-corrected chi connectivity index (χ0v) is 11.2. The Kier molecular flexibility index (Phi) is 4.97. The van der Waals surface area contributed by atoms with Crippen LogP contribution in [0.5, 0.6) is 0 Å². The molecule has 0 aliphatic carbocycles. The van der Waals surface area contributed by atoms with E-state index in [-0.39, 0.29) is 24.4 Å². The first-order chi connectivity index (χ1) is 7.97. The molecule has 3 nitrogen and oxygen atoms in total. The minimum Gasteiger partial charge on any atom is -0.341 e. The second kappa shape index (κ2) is 6.03. The van der Waals surface area contributed by atoms with E-state index in [0.717, 1.165) is 5.02 Å². The van der Waals surface area contributed by atoms with E-state index >= 15 is 0 Å². The number of nitrogens with two attached hydrogens (primary N) is 1. The van der Waals surface area contributed by atoms with Crippen molar-refractivity contribution in [2.24, 2.45) is 5.73 Å². The Morgan fingerprint density at radius 1 is 1.35 bits per heavy atom. The molecule has 0 aliphatic rings. The van der Waals surface area contributed by atoms with Gasteiger partial charge in [0.2, 0.25) is 5.91 Å². The number of hydrogen-bond acceptors (Lipinski definition) is 2. The fraction of sp³-hybridized carbons (Fsp3) is 0.462. The van der Waals surface area contributed by atoms with Crippen LogP contribution in [0.1, 0.15) is 25.3 Å². The van der Waals surface area contributed by atoms with E-state index < -0.39 is 0 Å². The summed E-state index contributed by atoms with van der Waals surface area (Å²) in [5.74, 6) is 0.200. The maximum absolute atomic E-state index is 11.5. The molecule has 1 aromatic rings. The minimum absolute atomic E-state index is 0.0432. The molecule has 1 amide bonds. The molecule has 2 atom stereocenters. The SMILES string of the molecule is CC(c1ccc(Cl)cc1)C(C)N(C)C(=O)CN. The molecule has 0 fully saturated rings. The molecule has 0 aliphatic heterocycles. The third kappa shape index (κ3) is 3.45. The summed E-state index contributed by atoms with van der Waals surface area (Å²) in [6, 6.07) is 7.82. The Morgan fingerprint density at radius 3 is 2.35 bits per heavy atom. The predicted molar refractivity (Wildman–Crippen MR) is 71.2 cm³/mol. The van der Waals surface area contributed by atoms with Crippen molar-refractivity contribution >= 4 is 17.5 Å². The fourth-order valence-corrected chi connectivity index (χ4v) is 1.88. The number of benzene rings is 1. The monoisotopic (exact) mass is 254 g/mol. The van der Waals surface area contributed by atoms with E-state index in [2.05, 4.69) is 6.92 Å². The Bertz CT molecular complexity index is 378. The molecule has 1 rings (SSSR count). The van der Waals surface area contributed by atoms with E-state index in [9.17, 15) is 4.79 Å². The molecule has 2 N–H and O–H groups in total. The first kappa shape index (κ1) is 14.0. The summed E-state index contributed by atoms with van der Waals surface area (Å²) >= 11 is 5.85. The van der Waals surface area contributed by atoms with E-state index in [1.54, 1.807) is 11.9 Å². The number of halogens is 1. The summed E-state index contributed by atoms with van der Waals surface area (Å²) in [7, 11) is 1.78. The molecular weight excluding hydrogens is 236 g/mol. The zero-order valence-electron chi connectivity index (χ0n) is 10.5. The van der Waals surface area contributed by atoms with Crippen molar-refractivity contribution in [3.63, 3.8) is 0 Å². The Hall–Kier alpha value is -1.06. The molecule has 0 saturated heterocycles. The lowest BCUT2D eigenvalue weighted by atomic mass is 9.93. The number of likely N-dealkylation sites (N-methyl/N-ethyl adjacent to an activating group) is 1. The maximum Gasteiger partial charge on any atom is 0.236 e. The maximum atomic E-state index is 11.5. The van der Waals surface area contributed by atoms with Gasteiger partial charge >= 0.3 is 0 Å². The second-order valence-electron chi connectivity index (χ2n) is 4.29. The molecule has 2 unspecified atom stereocenters. The van der Waals surface area contributed by atoms with Crippen LogP contribution in [0.3, 0.4) is 0 Å². The topological polar surface area (TPSA) is 46.3 Å². The van der Waals surface area contributed by atoms with Crippen molar-refractivity contribution in [3.8, 4) is 0 Å². The summed E-state index contributed by atoms with van der Waals surface area (Å²) < 4.78 is 0. The molecule has 4 heteroatoms. The van der Waals surface area contributed by atoms with Crippen LogP contribution in [0.25, 0.3) is 0 Å². The molecule has 0 saturated carbocycles. The third-order valence-corrected chi connectivity index (χ3v) is 3.55. The molecular formula is C13H19ClN2O. The molecule has 0 bridgehead atoms. The normalized spacial score (nSPS) is 14.2. The van der Waals surface area contributed by atoms with Crippen LogP contribution in [0.15, 0.2) is 24.3 Å². The van der Waals surface area contributed by atoms with Crippen molar-refractivity contribution in [1.82, 2.24) is 4.90 Å². The Balaban J connectivity index is 2.78. The van der Waals surface area contributed by atoms with Gasteiger partial charge in [-0.1, -0.05) is 30.7 Å². The molecule has 0 spiro atoms. The van der Waals surface area contributed by atoms with Gasteiger partial charge in [-0.2, -0.15) is 0 Å². The summed E-state index contributed by atoms with van der Waals surface area (Å²) in [6.07, 6.45) is 0. The molecule has 0 aromatic heterocycles. The van der Waals surface area contributed by atoms with Gasteiger partial charge in [0, 0.05) is 24.0 Å². The van der Waals surface area contributed by atoms with E-state index in [4.69, 9.17) is 17.3 Å². The smallest absolute Gasteiger partial charge is 0.236 e. The highest BCUT2D eigenvalue weighted by molar-refractivity contribution is 6.30. The van der Waals surface area contributed by atoms with Gasteiger partial charge in [0.25, 0.3) is 0 Å². The fourth-order valence-electron chi connectivity index (χ4n) is 1.75. The highest BCUT2D eigenvalue weighted by Gasteiger charge is 2.21. The van der Waals surface area contributed by atoms with Crippen molar-refractivity contribution < 1.29 is 4.79 Å². The highest BCUT2D eigenvalue weighted by atomic mass is 35.5. The standard InChI is InChI=1S/C13H19ClN2O/c1-9(10(2)16(3)13(17)8-15)11-4-6-12(14)7-5-11/h4-7,9-10H,8,15H2,1-3H3. The summed E-state index contributed by atoms with van der Waals surface area (Å²) in [5, 5.41) is 0.722. The first-order valence-corrected chi connectivity index (χ1v) is 6.06. The average Bonchev–Trinajstić information content (AvgIpc) is 2.36. The van der Waals surface area contributed by atoms with Crippen LogP contribution in [0.4, 0.5) is 0 Å². The van der Waals surface area contributed by atoms with Crippen LogP contribution in [0.2, 0.25) is 5.02 Å². The van der Waals surface area contributed by atoms with Gasteiger partial charge in [-0.15, -0.1) is 0 Å². The number of hydrogen-bond donors (Lipinski definition) is 1. The lowest BCUT2D eigenvalue weighted by Gasteiger charge is -2.30. The first-order valence-electron chi connectivity index (χ1n) is 5.68. The summed E-state index contributed by atoms with van der Waals surface area (Å²) in [6.45, 7) is 4.16. The highest BCUT2D eigenvalue weighted by Crippen LogP contribution is 2.23. The van der Waals surface area contributed by atoms with Crippen LogP contribution >= 0.6 is 11.6 Å². The molecule has 0 radical (unpaired) electrons. The number of nitrogens with zero attached hydrogens (tertiary/aromatic N) is 1. The van der Waals surface area contributed by atoms with Gasteiger partial charge in [0.15, 0.2) is 0 Å². The van der Waals surface area contributed by atoms with E-state index in [1.165, 1.54) is 5.56 Å². The van der Waals surface area contributed by atoms with E-state index in [1.807, 2.05) is 31.2 Å². The van der Waals surface area contributed by atoms with Crippen LogP contribution in [0, 0.1) is 0 Å². The molecule has 17 heavy (non-hydrogen) atoms. The van der Waals surface area contributed by atoms with Crippen molar-refractivity contribution in [2.75, 3.05) is 13.6 Å². The predicted octanol–water partition coefficient (Wildman–Crippen LogP) is 2.25. The van der Waals surface area contributed by atoms with Crippen molar-refractivity contribution in [2.45, 2.75) is 25.8 Å². The lowest BCUT2D eigenvalue weighted by molar-refractivity contribution is -0.130. The van der Waals surface area contributed by atoms with Gasteiger partial charge in [0.05, 0.1) is 6.54 Å². The Labute approximate surface area is 108 Å². The van der Waals surface area contributed by atoms with Gasteiger partial charge in [-0.05, 0) is 24.6 Å². The number of carbonyl (C=O) groups excluding carboxylic acids is 1. The molecule has 1 aromatic carbocycles. The Morgan fingerprint density at radius 2 is 1.88 bits per heavy atom. The van der Waals surface area contributed by atoms with E-state index in [0.29, 0.717) is 0 Å². The summed E-state index contributed by atoms with van der Waals surface area (Å²) in [5.41, 5.74) is 6.53. The lowest BCUT2D eigenvalue weighted by Crippen LogP contribution is -2.41. The van der Waals surface area contributed by atoms with Crippen LogP contribution in [-0.4, -0.2) is 30.4 Å². The van der Waals surface area contributed by atoms with Crippen LogP contribution < -0.4 is 5.73 Å². The molecule has 0 heterocycles. The number of carbonyl (C=O) groups is 1. The zero-order chi connectivity index (χ0) is 13.0. The van der Waals surface area contributed by atoms with Gasteiger partial charge in [-0.3, -0.25) is 4.79 Å². The van der Waals surface area contributed by atoms with Gasteiger partial charge in [-0.25, -0.2) is 0 Å². The third-order valence-electron chi connectivity index (χ3n) is 3.30. The quantitative estimate of drug-likeness (QED) is 0.896. The number of amides is 1. The summed E-state index contributed by atoms with van der Waals surface area (Å²) in [4.78, 5) is 13.2. The van der Waals surface area contributed by atoms with Crippen LogP contribution in [-0.2, 0) is 4.79 Å². The van der Waals surface area contributed by atoms with Crippen molar-refractivity contribution in [3.05, 3.63) is 34.9 Å². The van der Waals surface area contributed by atoms with Gasteiger partial charge < -0.3 is 10.6 Å². The minimum atomic E-state index is -0.0432. The van der Waals surface area contributed by atoms with Crippen molar-refractivity contribution in [1.29, 1.82) is 0 Å². The van der Waals surface area contributed by atoms with Gasteiger partial charge in [0.1, 0.15) is 0 Å². The number of rotatable bonds is 4. The second-order valence-corrected chi connectivity index (χ2v) is 4.73. The largest absolute Gasteiger partial charge is 0.341 e.